The number of allylic oxidation sites excluding steroid dienone is 6. The Hall–Kier alpha value is -2.38. The lowest BCUT2D eigenvalue weighted by Crippen LogP contribution is -2.28. The van der Waals surface area contributed by atoms with E-state index in [-0.39, 0.29) is 10.8 Å². The third-order valence-electron chi connectivity index (χ3n) is 7.82. The van der Waals surface area contributed by atoms with Crippen LogP contribution in [0.4, 0.5) is 0 Å². The van der Waals surface area contributed by atoms with Gasteiger partial charge in [-0.3, -0.25) is 0 Å². The molecule has 0 heterocycles. The van der Waals surface area contributed by atoms with Gasteiger partial charge in [-0.25, -0.2) is 0 Å². The summed E-state index contributed by atoms with van der Waals surface area (Å²) in [5, 5.41) is 2.77. The molecule has 0 radical (unpaired) electrons. The second-order valence-electron chi connectivity index (χ2n) is 11.2. The molecule has 1 heteroatoms. The van der Waals surface area contributed by atoms with Crippen molar-refractivity contribution in [3.8, 4) is 0 Å². The van der Waals surface area contributed by atoms with E-state index in [9.17, 15) is 0 Å². The van der Waals surface area contributed by atoms with Gasteiger partial charge in [-0.05, 0) is 83.3 Å². The minimum atomic E-state index is 0.177. The molecular weight excluding hydrogens is 476 g/mol. The highest BCUT2D eigenvalue weighted by Gasteiger charge is 2.32. The van der Waals surface area contributed by atoms with Crippen molar-refractivity contribution in [1.29, 1.82) is 0 Å². The molecule has 0 atom stereocenters. The summed E-state index contributed by atoms with van der Waals surface area (Å²) < 4.78 is 1.16. The van der Waals surface area contributed by atoms with Crippen LogP contribution in [0.2, 0.25) is 0 Å². The van der Waals surface area contributed by atoms with Crippen LogP contribution in [-0.2, 0) is 17.3 Å². The van der Waals surface area contributed by atoms with Gasteiger partial charge in [-0.1, -0.05) is 115 Å². The highest BCUT2D eigenvalue weighted by atomic mass is 79.9. The molecule has 174 valence electrons. The van der Waals surface area contributed by atoms with Crippen molar-refractivity contribution < 1.29 is 0 Å². The predicted octanol–water partition coefficient (Wildman–Crippen LogP) is 9.77. The van der Waals surface area contributed by atoms with Gasteiger partial charge in [0.05, 0.1) is 0 Å². The van der Waals surface area contributed by atoms with E-state index >= 15 is 0 Å². The molecule has 3 aromatic carbocycles. The smallest absolute Gasteiger partial charge is 0.0181 e. The van der Waals surface area contributed by atoms with Crippen molar-refractivity contribution in [3.63, 3.8) is 0 Å². The summed E-state index contributed by atoms with van der Waals surface area (Å²) in [6.07, 6.45) is 14.2. The lowest BCUT2D eigenvalue weighted by molar-refractivity contribution is 0.563. The molecule has 0 bridgehead atoms. The van der Waals surface area contributed by atoms with Gasteiger partial charge in [-0.2, -0.15) is 0 Å². The third-order valence-corrected chi connectivity index (χ3v) is 8.31. The molecule has 0 spiro atoms. The fourth-order valence-electron chi connectivity index (χ4n) is 5.76. The van der Waals surface area contributed by atoms with Crippen molar-refractivity contribution >= 4 is 32.3 Å². The minimum absolute atomic E-state index is 0.177. The van der Waals surface area contributed by atoms with E-state index in [1.807, 2.05) is 0 Å². The fraction of sp³-hybridized carbons (Fsp3) is 0.333. The highest BCUT2D eigenvalue weighted by Crippen LogP contribution is 2.42. The number of aryl methyl sites for hydroxylation is 2. The molecule has 0 N–H and O–H groups in total. The average molecular weight is 512 g/mol. The Balaban J connectivity index is 0.000000146. The van der Waals surface area contributed by atoms with Crippen LogP contribution < -0.4 is 0 Å². The summed E-state index contributed by atoms with van der Waals surface area (Å²) >= 11 is 3.56. The molecule has 0 aromatic heterocycles. The normalized spacial score (nSPS) is 19.1. The van der Waals surface area contributed by atoms with Crippen LogP contribution in [0.15, 0.2) is 82.9 Å². The van der Waals surface area contributed by atoms with E-state index in [1.54, 1.807) is 5.57 Å². The van der Waals surface area contributed by atoms with E-state index in [0.717, 1.165) is 4.47 Å². The Morgan fingerprint density at radius 2 is 1.53 bits per heavy atom. The fourth-order valence-corrected chi connectivity index (χ4v) is 6.14. The molecular formula is C33H35Br. The largest absolute Gasteiger partial charge is 0.0836 e. The van der Waals surface area contributed by atoms with E-state index in [4.69, 9.17) is 0 Å². The molecule has 3 aliphatic rings. The van der Waals surface area contributed by atoms with Crippen molar-refractivity contribution in [2.75, 3.05) is 0 Å². The SMILES string of the molecule is Brc1ccc2c3c(ccc2c1)C1=C(CCC=C1)CC3.Cc1ccc2c(c1)C(C)(C)C=CC2(C)C. The summed E-state index contributed by atoms with van der Waals surface area (Å²) in [7, 11) is 0. The van der Waals surface area contributed by atoms with Crippen LogP contribution in [-0.4, -0.2) is 0 Å². The van der Waals surface area contributed by atoms with Crippen LogP contribution in [0.25, 0.3) is 16.3 Å². The average Bonchev–Trinajstić information content (AvgIpc) is 2.82. The molecule has 0 unspecified atom stereocenters. The predicted molar refractivity (Wildman–Crippen MR) is 152 cm³/mol. The Labute approximate surface area is 213 Å². The number of halogens is 1. The van der Waals surface area contributed by atoms with Gasteiger partial charge in [0, 0.05) is 15.3 Å². The molecule has 6 rings (SSSR count). The Morgan fingerprint density at radius 3 is 2.32 bits per heavy atom. The number of benzene rings is 3. The molecule has 0 nitrogen and oxygen atoms in total. The summed E-state index contributed by atoms with van der Waals surface area (Å²) in [5.74, 6) is 0. The Bertz CT molecular complexity index is 1360. The lowest BCUT2D eigenvalue weighted by atomic mass is 9.68. The van der Waals surface area contributed by atoms with Gasteiger partial charge in [0.1, 0.15) is 0 Å². The quantitative estimate of drug-likeness (QED) is 0.264. The zero-order valence-corrected chi connectivity index (χ0v) is 22.7. The van der Waals surface area contributed by atoms with E-state index in [2.05, 4.69) is 123 Å². The molecule has 0 amide bonds. The molecule has 0 saturated heterocycles. The molecule has 0 fully saturated rings. The van der Waals surface area contributed by atoms with Crippen molar-refractivity contribution in [2.45, 2.75) is 71.1 Å². The van der Waals surface area contributed by atoms with E-state index in [0.29, 0.717) is 0 Å². The Kier molecular flexibility index (Phi) is 5.97. The standard InChI is InChI=1S/C18H15Br.C15H20/c19-14-7-10-16-13(11-14)6-9-17-15-4-2-1-3-12(15)5-8-18(16)17;1-11-6-7-12-13(10-11)15(4,5)9-8-14(12,2)3/h2,4,6-7,9-11H,1,3,5,8H2;6-10H,1-5H3. The van der Waals surface area contributed by atoms with Crippen LogP contribution in [0.5, 0.6) is 0 Å². The molecule has 3 aromatic rings. The highest BCUT2D eigenvalue weighted by molar-refractivity contribution is 9.10. The number of hydrogen-bond acceptors (Lipinski definition) is 0. The molecule has 34 heavy (non-hydrogen) atoms. The second-order valence-corrected chi connectivity index (χ2v) is 12.2. The first-order chi connectivity index (χ1) is 16.2. The van der Waals surface area contributed by atoms with E-state index < -0.39 is 0 Å². The summed E-state index contributed by atoms with van der Waals surface area (Å²) in [5.41, 5.74) is 10.8. The molecule has 3 aliphatic carbocycles. The topological polar surface area (TPSA) is 0 Å². The summed E-state index contributed by atoms with van der Waals surface area (Å²) in [4.78, 5) is 0. The molecule has 0 saturated carbocycles. The Morgan fingerprint density at radius 1 is 0.765 bits per heavy atom. The van der Waals surface area contributed by atoms with Gasteiger partial charge < -0.3 is 0 Å². The first-order valence-electron chi connectivity index (χ1n) is 12.6. The summed E-state index contributed by atoms with van der Waals surface area (Å²) in [6.45, 7) is 11.3. The van der Waals surface area contributed by atoms with Crippen molar-refractivity contribution in [1.82, 2.24) is 0 Å². The summed E-state index contributed by atoms with van der Waals surface area (Å²) in [6, 6.07) is 18.0. The van der Waals surface area contributed by atoms with Crippen molar-refractivity contribution in [2.24, 2.45) is 0 Å². The molecule has 0 aliphatic heterocycles. The van der Waals surface area contributed by atoms with Crippen LogP contribution in [0.1, 0.15) is 74.8 Å². The lowest BCUT2D eigenvalue weighted by Gasteiger charge is -2.36. The van der Waals surface area contributed by atoms with Gasteiger partial charge in [0.2, 0.25) is 0 Å². The van der Waals surface area contributed by atoms with Crippen molar-refractivity contribution in [3.05, 3.63) is 111 Å². The van der Waals surface area contributed by atoms with Crippen LogP contribution >= 0.6 is 15.9 Å². The van der Waals surface area contributed by atoms with Gasteiger partial charge >= 0.3 is 0 Å². The number of rotatable bonds is 0. The number of fused-ring (bicyclic) bond motifs is 5. The van der Waals surface area contributed by atoms with Crippen LogP contribution in [0, 0.1) is 6.92 Å². The second kappa shape index (κ2) is 8.68. The zero-order valence-electron chi connectivity index (χ0n) is 21.1. The third kappa shape index (κ3) is 4.24. The first kappa shape index (κ1) is 23.4. The monoisotopic (exact) mass is 510 g/mol. The maximum atomic E-state index is 3.56. The van der Waals surface area contributed by atoms with Gasteiger partial charge in [-0.15, -0.1) is 0 Å². The maximum absolute atomic E-state index is 3.56. The maximum Gasteiger partial charge on any atom is 0.0181 e. The van der Waals surface area contributed by atoms with Crippen LogP contribution in [0.3, 0.4) is 0 Å². The zero-order chi connectivity index (χ0) is 24.1. The van der Waals surface area contributed by atoms with Gasteiger partial charge in [0.15, 0.2) is 0 Å². The van der Waals surface area contributed by atoms with Gasteiger partial charge in [0.25, 0.3) is 0 Å². The minimum Gasteiger partial charge on any atom is -0.0836 e. The van der Waals surface area contributed by atoms with E-state index in [1.165, 1.54) is 69.8 Å². The first-order valence-corrected chi connectivity index (χ1v) is 13.4. The number of hydrogen-bond donors (Lipinski definition) is 0.